The molecule has 0 aliphatic heterocycles. The maximum Gasteiger partial charge on any atom is 0.213 e. The first kappa shape index (κ1) is 14.4. The van der Waals surface area contributed by atoms with Crippen LogP contribution in [0.1, 0.15) is 5.69 Å². The average molecular weight is 253 g/mol. The summed E-state index contributed by atoms with van der Waals surface area (Å²) in [6, 6.07) is 5.19. The molecule has 100 valence electrons. The Morgan fingerprint density at radius 3 is 2.50 bits per heavy atom. The van der Waals surface area contributed by atoms with E-state index in [4.69, 9.17) is 19.9 Å². The molecule has 6 heteroatoms. The highest BCUT2D eigenvalue weighted by Crippen LogP contribution is 2.07. The van der Waals surface area contributed by atoms with E-state index < -0.39 is 0 Å². The third-order valence-corrected chi connectivity index (χ3v) is 2.23. The Morgan fingerprint density at radius 1 is 1.28 bits per heavy atom. The van der Waals surface area contributed by atoms with Crippen LogP contribution in [0.3, 0.4) is 0 Å². The molecule has 2 N–H and O–H groups in total. The average Bonchev–Trinajstić information content (AvgIpc) is 2.39. The molecule has 1 aromatic rings. The summed E-state index contributed by atoms with van der Waals surface area (Å²) in [5.41, 5.74) is 6.48. The largest absolute Gasteiger partial charge is 0.481 e. The van der Waals surface area contributed by atoms with E-state index in [2.05, 4.69) is 9.98 Å². The van der Waals surface area contributed by atoms with E-state index in [1.807, 2.05) is 6.07 Å². The second-order valence-electron chi connectivity index (χ2n) is 3.64. The van der Waals surface area contributed by atoms with Crippen LogP contribution in [-0.2, 0) is 9.47 Å². The standard InChI is InChI=1S/C12H19N3O3/c1-16-7-9(8-17-2)14-12(13)10-5-4-6-11(15-10)18-3/h4-6,9H,7-8H2,1-3H3,(H2,13,14). The molecule has 1 heterocycles. The lowest BCUT2D eigenvalue weighted by atomic mass is 10.3. The quantitative estimate of drug-likeness (QED) is 0.564. The van der Waals surface area contributed by atoms with Gasteiger partial charge in [-0.2, -0.15) is 0 Å². The molecule has 0 aromatic carbocycles. The molecule has 6 nitrogen and oxygen atoms in total. The minimum atomic E-state index is -0.145. The first-order valence-electron chi connectivity index (χ1n) is 5.53. The molecule has 0 atom stereocenters. The zero-order valence-electron chi connectivity index (χ0n) is 10.9. The van der Waals surface area contributed by atoms with Gasteiger partial charge >= 0.3 is 0 Å². The van der Waals surface area contributed by atoms with Crippen LogP contribution in [0.25, 0.3) is 0 Å². The van der Waals surface area contributed by atoms with E-state index in [9.17, 15) is 0 Å². The van der Waals surface area contributed by atoms with E-state index in [-0.39, 0.29) is 6.04 Å². The van der Waals surface area contributed by atoms with Gasteiger partial charge in [-0.05, 0) is 6.07 Å². The Bertz CT molecular complexity index is 390. The van der Waals surface area contributed by atoms with Gasteiger partial charge in [0.05, 0.1) is 26.4 Å². The topological polar surface area (TPSA) is 79.0 Å². The van der Waals surface area contributed by atoms with E-state index in [0.717, 1.165) is 0 Å². The fraction of sp³-hybridized carbons (Fsp3) is 0.500. The summed E-state index contributed by atoms with van der Waals surface area (Å²) in [6.07, 6.45) is 0. The van der Waals surface area contributed by atoms with Crippen LogP contribution in [0.4, 0.5) is 0 Å². The van der Waals surface area contributed by atoms with Gasteiger partial charge < -0.3 is 19.9 Å². The van der Waals surface area contributed by atoms with Crippen LogP contribution in [0.5, 0.6) is 5.88 Å². The van der Waals surface area contributed by atoms with Gasteiger partial charge in [0.25, 0.3) is 0 Å². The van der Waals surface area contributed by atoms with Crippen LogP contribution in [0, 0.1) is 0 Å². The smallest absolute Gasteiger partial charge is 0.213 e. The number of aromatic nitrogens is 1. The number of methoxy groups -OCH3 is 3. The van der Waals surface area contributed by atoms with Crippen LogP contribution in [0.15, 0.2) is 23.2 Å². The molecular weight excluding hydrogens is 234 g/mol. The number of ether oxygens (including phenoxy) is 3. The number of nitrogens with two attached hydrogens (primary N) is 1. The minimum absolute atomic E-state index is 0.145. The maximum absolute atomic E-state index is 5.90. The van der Waals surface area contributed by atoms with Crippen molar-refractivity contribution in [2.75, 3.05) is 34.5 Å². The van der Waals surface area contributed by atoms with Crippen molar-refractivity contribution in [2.24, 2.45) is 10.7 Å². The Morgan fingerprint density at radius 2 is 1.94 bits per heavy atom. The zero-order chi connectivity index (χ0) is 13.4. The van der Waals surface area contributed by atoms with Gasteiger partial charge in [0.2, 0.25) is 5.88 Å². The molecule has 0 spiro atoms. The summed E-state index contributed by atoms with van der Waals surface area (Å²) in [5, 5.41) is 0. The summed E-state index contributed by atoms with van der Waals surface area (Å²) in [4.78, 5) is 8.53. The highest BCUT2D eigenvalue weighted by Gasteiger charge is 2.09. The van der Waals surface area contributed by atoms with Crippen molar-refractivity contribution in [2.45, 2.75) is 6.04 Å². The van der Waals surface area contributed by atoms with Crippen molar-refractivity contribution in [1.82, 2.24) is 4.98 Å². The number of pyridine rings is 1. The molecule has 0 unspecified atom stereocenters. The zero-order valence-corrected chi connectivity index (χ0v) is 10.9. The molecule has 0 radical (unpaired) electrons. The van der Waals surface area contributed by atoms with E-state index in [0.29, 0.717) is 30.6 Å². The van der Waals surface area contributed by atoms with Gasteiger partial charge in [-0.25, -0.2) is 4.98 Å². The Kier molecular flexibility index (Phi) is 6.10. The van der Waals surface area contributed by atoms with Gasteiger partial charge in [0.15, 0.2) is 0 Å². The number of aliphatic imine (C=N–C) groups is 1. The molecule has 18 heavy (non-hydrogen) atoms. The number of hydrogen-bond donors (Lipinski definition) is 1. The molecule has 0 saturated heterocycles. The SMILES string of the molecule is COCC(COC)N=C(N)c1cccc(OC)n1. The lowest BCUT2D eigenvalue weighted by Gasteiger charge is -2.11. The van der Waals surface area contributed by atoms with Crippen LogP contribution >= 0.6 is 0 Å². The fourth-order valence-electron chi connectivity index (χ4n) is 1.44. The lowest BCUT2D eigenvalue weighted by molar-refractivity contribution is 0.120. The first-order chi connectivity index (χ1) is 8.71. The molecular formula is C12H19N3O3. The normalized spacial score (nSPS) is 11.9. The summed E-state index contributed by atoms with van der Waals surface area (Å²) < 4.78 is 15.1. The van der Waals surface area contributed by atoms with Crippen LogP contribution < -0.4 is 10.5 Å². The molecule has 1 rings (SSSR count). The fourth-order valence-corrected chi connectivity index (χ4v) is 1.44. The van der Waals surface area contributed by atoms with Crippen LogP contribution in [-0.4, -0.2) is 51.4 Å². The van der Waals surface area contributed by atoms with Crippen molar-refractivity contribution in [3.05, 3.63) is 23.9 Å². The predicted octanol–water partition coefficient (Wildman–Crippen LogP) is 0.457. The monoisotopic (exact) mass is 253 g/mol. The molecule has 0 saturated carbocycles. The Balaban J connectivity index is 2.84. The summed E-state index contributed by atoms with van der Waals surface area (Å²) in [5.74, 6) is 0.841. The van der Waals surface area contributed by atoms with Crippen molar-refractivity contribution < 1.29 is 14.2 Å². The van der Waals surface area contributed by atoms with Crippen molar-refractivity contribution in [3.63, 3.8) is 0 Å². The number of amidine groups is 1. The van der Waals surface area contributed by atoms with Crippen LogP contribution in [0.2, 0.25) is 0 Å². The molecule has 0 amide bonds. The highest BCUT2D eigenvalue weighted by atomic mass is 16.5. The molecule has 0 aliphatic rings. The lowest BCUT2D eigenvalue weighted by Crippen LogP contribution is -2.25. The summed E-state index contributed by atoms with van der Waals surface area (Å²) in [7, 11) is 4.77. The van der Waals surface area contributed by atoms with Crippen molar-refractivity contribution in [3.8, 4) is 5.88 Å². The van der Waals surface area contributed by atoms with E-state index >= 15 is 0 Å². The number of nitrogens with zero attached hydrogens (tertiary/aromatic N) is 2. The third-order valence-electron chi connectivity index (χ3n) is 2.23. The van der Waals surface area contributed by atoms with Crippen molar-refractivity contribution in [1.29, 1.82) is 0 Å². The summed E-state index contributed by atoms with van der Waals surface area (Å²) in [6.45, 7) is 0.886. The third kappa shape index (κ3) is 4.31. The maximum atomic E-state index is 5.90. The van der Waals surface area contributed by atoms with E-state index in [1.54, 1.807) is 33.5 Å². The second-order valence-corrected chi connectivity index (χ2v) is 3.64. The number of rotatable bonds is 7. The minimum Gasteiger partial charge on any atom is -0.481 e. The predicted molar refractivity (Wildman–Crippen MR) is 69.1 cm³/mol. The highest BCUT2D eigenvalue weighted by molar-refractivity contribution is 5.95. The van der Waals surface area contributed by atoms with Gasteiger partial charge in [0.1, 0.15) is 11.5 Å². The van der Waals surface area contributed by atoms with Gasteiger partial charge in [-0.3, -0.25) is 4.99 Å². The molecule has 0 aliphatic carbocycles. The Hall–Kier alpha value is -1.66. The van der Waals surface area contributed by atoms with E-state index in [1.165, 1.54) is 0 Å². The second kappa shape index (κ2) is 7.62. The first-order valence-corrected chi connectivity index (χ1v) is 5.53. The molecule has 0 bridgehead atoms. The molecule has 0 fully saturated rings. The van der Waals surface area contributed by atoms with Crippen molar-refractivity contribution >= 4 is 5.84 Å². The summed E-state index contributed by atoms with van der Waals surface area (Å²) >= 11 is 0. The van der Waals surface area contributed by atoms with Gasteiger partial charge in [-0.15, -0.1) is 0 Å². The van der Waals surface area contributed by atoms with Gasteiger partial charge in [0, 0.05) is 20.3 Å². The Labute approximate surface area is 107 Å². The van der Waals surface area contributed by atoms with Gasteiger partial charge in [-0.1, -0.05) is 6.07 Å². The molecule has 1 aromatic heterocycles. The number of hydrogen-bond acceptors (Lipinski definition) is 5.